The molecule has 0 bridgehead atoms. The van der Waals surface area contributed by atoms with Crippen molar-refractivity contribution in [1.82, 2.24) is 10.2 Å². The largest absolute Gasteiger partial charge is 0.486 e. The smallest absolute Gasteiger partial charge is 0.161 e. The van der Waals surface area contributed by atoms with Crippen molar-refractivity contribution >= 4 is 0 Å². The Balaban J connectivity index is 1.82. The molecule has 1 atom stereocenters. The average molecular weight is 264 g/mol. The Kier molecular flexibility index (Phi) is 3.87. The van der Waals surface area contributed by atoms with Crippen LogP contribution in [0, 0.1) is 0 Å². The Labute approximate surface area is 113 Å². The van der Waals surface area contributed by atoms with E-state index >= 15 is 0 Å². The van der Waals surface area contributed by atoms with Crippen molar-refractivity contribution in [1.29, 1.82) is 0 Å². The molecule has 1 aromatic carbocycles. The molecule has 1 fully saturated rings. The van der Waals surface area contributed by atoms with E-state index in [-0.39, 0.29) is 12.6 Å². The Hall–Kier alpha value is -1.30. The van der Waals surface area contributed by atoms with Gasteiger partial charge in [0.05, 0.1) is 12.6 Å². The van der Waals surface area contributed by atoms with Crippen LogP contribution < -0.4 is 14.8 Å². The van der Waals surface area contributed by atoms with Crippen LogP contribution in [0.4, 0.5) is 0 Å². The topological polar surface area (TPSA) is 54.0 Å². The van der Waals surface area contributed by atoms with Crippen LogP contribution in [0.1, 0.15) is 11.6 Å². The summed E-state index contributed by atoms with van der Waals surface area (Å²) in [6, 6.07) is 6.00. The first kappa shape index (κ1) is 12.7. The molecule has 5 heteroatoms. The lowest BCUT2D eigenvalue weighted by atomic mass is 10.0. The van der Waals surface area contributed by atoms with Gasteiger partial charge in [-0.2, -0.15) is 0 Å². The maximum absolute atomic E-state index is 9.70. The Morgan fingerprint density at radius 3 is 2.63 bits per heavy atom. The van der Waals surface area contributed by atoms with Crippen LogP contribution in [0.3, 0.4) is 0 Å². The zero-order valence-electron chi connectivity index (χ0n) is 11.0. The van der Waals surface area contributed by atoms with E-state index in [2.05, 4.69) is 10.2 Å². The van der Waals surface area contributed by atoms with Crippen molar-refractivity contribution in [3.05, 3.63) is 23.8 Å². The molecular weight excluding hydrogens is 244 g/mol. The summed E-state index contributed by atoms with van der Waals surface area (Å²) in [6.07, 6.45) is 0. The Bertz CT molecular complexity index is 433. The summed E-state index contributed by atoms with van der Waals surface area (Å²) in [5, 5.41) is 13.0. The maximum atomic E-state index is 9.70. The zero-order valence-corrected chi connectivity index (χ0v) is 11.0. The first-order valence-corrected chi connectivity index (χ1v) is 6.83. The normalized spacial score (nSPS) is 21.1. The molecule has 0 aliphatic carbocycles. The molecule has 2 aliphatic heterocycles. The van der Waals surface area contributed by atoms with Crippen molar-refractivity contribution in [2.24, 2.45) is 0 Å². The Morgan fingerprint density at radius 1 is 1.16 bits per heavy atom. The third-order valence-corrected chi connectivity index (χ3v) is 3.72. The number of nitrogens with zero attached hydrogens (tertiary/aromatic N) is 1. The van der Waals surface area contributed by atoms with Gasteiger partial charge in [-0.05, 0) is 17.7 Å². The molecule has 1 saturated heterocycles. The fraction of sp³-hybridized carbons (Fsp3) is 0.571. The minimum absolute atomic E-state index is 0.0397. The van der Waals surface area contributed by atoms with Gasteiger partial charge in [-0.15, -0.1) is 0 Å². The van der Waals surface area contributed by atoms with Gasteiger partial charge >= 0.3 is 0 Å². The lowest BCUT2D eigenvalue weighted by molar-refractivity contribution is 0.110. The van der Waals surface area contributed by atoms with Gasteiger partial charge in [0.25, 0.3) is 0 Å². The predicted octanol–water partition coefficient (Wildman–Crippen LogP) is 0.396. The van der Waals surface area contributed by atoms with Gasteiger partial charge in [0.1, 0.15) is 13.2 Å². The van der Waals surface area contributed by atoms with E-state index in [1.807, 2.05) is 18.2 Å². The molecule has 3 rings (SSSR count). The molecule has 2 heterocycles. The second-order valence-electron chi connectivity index (χ2n) is 4.89. The van der Waals surface area contributed by atoms with E-state index in [1.165, 1.54) is 0 Å². The molecule has 0 radical (unpaired) electrons. The van der Waals surface area contributed by atoms with Crippen LogP contribution in [0.25, 0.3) is 0 Å². The fourth-order valence-corrected chi connectivity index (χ4v) is 2.69. The molecule has 1 unspecified atom stereocenters. The highest BCUT2D eigenvalue weighted by Crippen LogP contribution is 2.34. The Morgan fingerprint density at radius 2 is 1.89 bits per heavy atom. The molecule has 0 saturated carbocycles. The van der Waals surface area contributed by atoms with Crippen molar-refractivity contribution in [3.63, 3.8) is 0 Å². The summed E-state index contributed by atoms with van der Waals surface area (Å²) in [6.45, 7) is 5.18. The molecule has 0 spiro atoms. The number of benzene rings is 1. The number of hydrogen-bond acceptors (Lipinski definition) is 5. The van der Waals surface area contributed by atoms with E-state index in [4.69, 9.17) is 9.47 Å². The van der Waals surface area contributed by atoms with Crippen LogP contribution in [0.5, 0.6) is 11.5 Å². The molecule has 19 heavy (non-hydrogen) atoms. The van der Waals surface area contributed by atoms with Gasteiger partial charge in [-0.25, -0.2) is 0 Å². The number of fused-ring (bicyclic) bond motifs is 1. The van der Waals surface area contributed by atoms with Gasteiger partial charge in [-0.1, -0.05) is 6.07 Å². The second-order valence-corrected chi connectivity index (χ2v) is 4.89. The summed E-state index contributed by atoms with van der Waals surface area (Å²) >= 11 is 0. The number of piperazine rings is 1. The lowest BCUT2D eigenvalue weighted by Gasteiger charge is -2.34. The summed E-state index contributed by atoms with van der Waals surface area (Å²) in [5.41, 5.74) is 1.09. The van der Waals surface area contributed by atoms with Gasteiger partial charge in [-0.3, -0.25) is 4.90 Å². The first-order valence-electron chi connectivity index (χ1n) is 6.83. The standard InChI is InChI=1S/C14H20N2O3/c17-10-12(16-5-3-15-4-6-16)11-1-2-13-14(9-11)19-8-7-18-13/h1-2,9,12,15,17H,3-8,10H2. The molecule has 2 N–H and O–H groups in total. The SMILES string of the molecule is OCC(c1ccc2c(c1)OCCO2)N1CCNCC1. The van der Waals surface area contributed by atoms with E-state index in [9.17, 15) is 5.11 Å². The van der Waals surface area contributed by atoms with Crippen LogP contribution >= 0.6 is 0 Å². The van der Waals surface area contributed by atoms with Gasteiger partial charge < -0.3 is 19.9 Å². The lowest BCUT2D eigenvalue weighted by Crippen LogP contribution is -2.46. The van der Waals surface area contributed by atoms with Crippen LogP contribution in [0.2, 0.25) is 0 Å². The minimum Gasteiger partial charge on any atom is -0.486 e. The highest BCUT2D eigenvalue weighted by molar-refractivity contribution is 5.44. The number of aliphatic hydroxyl groups is 1. The molecule has 2 aliphatic rings. The second kappa shape index (κ2) is 5.77. The van der Waals surface area contributed by atoms with E-state index in [0.29, 0.717) is 13.2 Å². The fourth-order valence-electron chi connectivity index (χ4n) is 2.69. The van der Waals surface area contributed by atoms with Crippen LogP contribution in [0.15, 0.2) is 18.2 Å². The number of aliphatic hydroxyl groups excluding tert-OH is 1. The van der Waals surface area contributed by atoms with E-state index < -0.39 is 0 Å². The van der Waals surface area contributed by atoms with Crippen LogP contribution in [-0.2, 0) is 0 Å². The quantitative estimate of drug-likeness (QED) is 0.827. The van der Waals surface area contributed by atoms with Gasteiger partial charge in [0.15, 0.2) is 11.5 Å². The highest BCUT2D eigenvalue weighted by atomic mass is 16.6. The third-order valence-electron chi connectivity index (χ3n) is 3.72. The van der Waals surface area contributed by atoms with E-state index in [1.54, 1.807) is 0 Å². The molecule has 0 aromatic heterocycles. The zero-order chi connectivity index (χ0) is 13.1. The predicted molar refractivity (Wildman–Crippen MR) is 71.7 cm³/mol. The van der Waals surface area contributed by atoms with Crippen molar-refractivity contribution in [3.8, 4) is 11.5 Å². The van der Waals surface area contributed by atoms with Crippen molar-refractivity contribution in [2.75, 3.05) is 46.0 Å². The van der Waals surface area contributed by atoms with Crippen LogP contribution in [-0.4, -0.2) is 56.0 Å². The average Bonchev–Trinajstić information content (AvgIpc) is 2.49. The summed E-state index contributed by atoms with van der Waals surface area (Å²) in [4.78, 5) is 2.31. The highest BCUT2D eigenvalue weighted by Gasteiger charge is 2.23. The van der Waals surface area contributed by atoms with Crippen molar-refractivity contribution in [2.45, 2.75) is 6.04 Å². The maximum Gasteiger partial charge on any atom is 0.161 e. The number of ether oxygens (including phenoxy) is 2. The summed E-state index contributed by atoms with van der Waals surface area (Å²) in [5.74, 6) is 1.59. The number of hydrogen-bond donors (Lipinski definition) is 2. The molecular formula is C14H20N2O3. The summed E-state index contributed by atoms with van der Waals surface area (Å²) < 4.78 is 11.1. The number of nitrogens with one attached hydrogen (secondary N) is 1. The monoisotopic (exact) mass is 264 g/mol. The molecule has 1 aromatic rings. The van der Waals surface area contributed by atoms with Crippen molar-refractivity contribution < 1.29 is 14.6 Å². The molecule has 0 amide bonds. The van der Waals surface area contributed by atoms with Gasteiger partial charge in [0.2, 0.25) is 0 Å². The minimum atomic E-state index is 0.0397. The van der Waals surface area contributed by atoms with Gasteiger partial charge in [0, 0.05) is 26.2 Å². The molecule has 104 valence electrons. The van der Waals surface area contributed by atoms with E-state index in [0.717, 1.165) is 43.2 Å². The summed E-state index contributed by atoms with van der Waals surface area (Å²) in [7, 11) is 0. The first-order chi connectivity index (χ1) is 9.38. The molecule has 5 nitrogen and oxygen atoms in total. The number of rotatable bonds is 3. The third kappa shape index (κ3) is 2.68.